The van der Waals surface area contributed by atoms with E-state index in [4.69, 9.17) is 0 Å². The van der Waals surface area contributed by atoms with Gasteiger partial charge in [0.15, 0.2) is 5.78 Å². The van der Waals surface area contributed by atoms with Gasteiger partial charge in [-0.15, -0.1) is 0 Å². The summed E-state index contributed by atoms with van der Waals surface area (Å²) in [5.74, 6) is -0.0340. The van der Waals surface area contributed by atoms with Crippen molar-refractivity contribution in [2.45, 2.75) is 45.4 Å². The highest BCUT2D eigenvalue weighted by Crippen LogP contribution is 2.36. The topological polar surface area (TPSA) is 64.4 Å². The fourth-order valence-corrected chi connectivity index (χ4v) is 3.02. The van der Waals surface area contributed by atoms with Gasteiger partial charge in [-0.25, -0.2) is 0 Å². The predicted molar refractivity (Wildman–Crippen MR) is 100 cm³/mol. The van der Waals surface area contributed by atoms with E-state index in [0.717, 1.165) is 31.6 Å². The van der Waals surface area contributed by atoms with Crippen molar-refractivity contribution in [3.8, 4) is 0 Å². The molecule has 0 aliphatic carbocycles. The van der Waals surface area contributed by atoms with E-state index in [1.165, 1.54) is 14.0 Å². The number of fused-ring (bicyclic) bond motifs is 1. The molecule has 1 aromatic heterocycles. The molecule has 2 heterocycles. The Bertz CT molecular complexity index is 921. The Balaban J connectivity index is 0.000000228. The van der Waals surface area contributed by atoms with Gasteiger partial charge in [0.2, 0.25) is 6.41 Å². The van der Waals surface area contributed by atoms with Crippen LogP contribution in [0.25, 0.3) is 0 Å². The summed E-state index contributed by atoms with van der Waals surface area (Å²) in [7, 11) is 1.19. The van der Waals surface area contributed by atoms with E-state index in [-0.39, 0.29) is 24.0 Å². The molecule has 1 aliphatic rings. The van der Waals surface area contributed by atoms with Gasteiger partial charge in [-0.05, 0) is 36.2 Å². The van der Waals surface area contributed by atoms with Crippen molar-refractivity contribution in [1.82, 2.24) is 14.7 Å². The molecule has 0 radical (unpaired) electrons. The number of halogens is 6. The molecule has 0 unspecified atom stereocenters. The average Bonchev–Trinajstić information content (AvgIpc) is 2.99. The number of nitrogens with zero attached hydrogens (tertiary/aromatic N) is 3. The van der Waals surface area contributed by atoms with Crippen molar-refractivity contribution in [3.05, 3.63) is 52.3 Å². The Morgan fingerprint density at radius 3 is 2.12 bits per heavy atom. The molecule has 0 atom stereocenters. The van der Waals surface area contributed by atoms with Crippen LogP contribution < -0.4 is 0 Å². The average molecular weight is 465 g/mol. The van der Waals surface area contributed by atoms with E-state index < -0.39 is 23.5 Å². The van der Waals surface area contributed by atoms with E-state index in [2.05, 4.69) is 9.84 Å². The Morgan fingerprint density at radius 2 is 1.66 bits per heavy atom. The molecule has 3 rings (SSSR count). The molecule has 1 aliphatic heterocycles. The molecular formula is C20H21F6N3O3. The van der Waals surface area contributed by atoms with Crippen molar-refractivity contribution in [2.24, 2.45) is 0 Å². The van der Waals surface area contributed by atoms with E-state index in [1.807, 2.05) is 4.68 Å². The molecule has 0 saturated carbocycles. The second kappa shape index (κ2) is 10.2. The first kappa shape index (κ1) is 25.4. The minimum Gasteiger partial charge on any atom is -0.380 e. The number of benzene rings is 1. The van der Waals surface area contributed by atoms with Crippen molar-refractivity contribution in [3.63, 3.8) is 0 Å². The van der Waals surface area contributed by atoms with Crippen LogP contribution in [0.15, 0.2) is 24.3 Å². The van der Waals surface area contributed by atoms with Crippen LogP contribution in [-0.2, 0) is 41.6 Å². The van der Waals surface area contributed by atoms with Crippen LogP contribution in [0, 0.1) is 0 Å². The molecule has 176 valence electrons. The zero-order chi connectivity index (χ0) is 24.1. The largest absolute Gasteiger partial charge is 0.416 e. The van der Waals surface area contributed by atoms with Crippen molar-refractivity contribution < 1.29 is 40.7 Å². The first-order chi connectivity index (χ1) is 14.8. The van der Waals surface area contributed by atoms with Crippen molar-refractivity contribution in [2.75, 3.05) is 13.7 Å². The number of ether oxygens (including phenoxy) is 1. The number of alkyl halides is 6. The molecule has 0 bridgehead atoms. The van der Waals surface area contributed by atoms with Gasteiger partial charge in [0.05, 0.1) is 30.0 Å². The van der Waals surface area contributed by atoms with Crippen LogP contribution in [-0.4, -0.2) is 40.5 Å². The lowest BCUT2D eigenvalue weighted by molar-refractivity contribution is -0.143. The van der Waals surface area contributed by atoms with Gasteiger partial charge in [-0.1, -0.05) is 0 Å². The Morgan fingerprint density at radius 1 is 1.06 bits per heavy atom. The van der Waals surface area contributed by atoms with E-state index in [9.17, 15) is 35.9 Å². The number of rotatable bonds is 4. The number of amides is 1. The maximum absolute atomic E-state index is 12.4. The smallest absolute Gasteiger partial charge is 0.380 e. The molecule has 32 heavy (non-hydrogen) atoms. The highest BCUT2D eigenvalue weighted by atomic mass is 19.4. The number of carbonyl (C=O) groups is 2. The molecule has 0 spiro atoms. The molecule has 2 aromatic rings. The molecule has 6 nitrogen and oxygen atoms in total. The summed E-state index contributed by atoms with van der Waals surface area (Å²) in [5, 5.41) is 4.20. The molecular weight excluding hydrogens is 444 g/mol. The number of carbonyl (C=O) groups excluding carboxylic acids is 2. The molecule has 1 amide bonds. The maximum atomic E-state index is 12.4. The van der Waals surface area contributed by atoms with E-state index in [0.29, 0.717) is 24.4 Å². The van der Waals surface area contributed by atoms with Gasteiger partial charge in [-0.2, -0.15) is 31.4 Å². The lowest BCUT2D eigenvalue weighted by Gasteiger charge is -2.13. The van der Waals surface area contributed by atoms with Gasteiger partial charge in [0.1, 0.15) is 5.69 Å². The first-order valence-corrected chi connectivity index (χ1v) is 9.39. The molecule has 0 N–H and O–H groups in total. The summed E-state index contributed by atoms with van der Waals surface area (Å²) in [6.07, 6.45) is -7.91. The number of Topliss-reactive ketones (excluding diaryl/α,β-unsaturated/α-hetero) is 1. The lowest BCUT2D eigenvalue weighted by atomic mass is 10.1. The number of ketones is 1. The van der Waals surface area contributed by atoms with Crippen molar-refractivity contribution >= 4 is 12.2 Å². The Labute approximate surface area is 179 Å². The molecule has 0 saturated heterocycles. The summed E-state index contributed by atoms with van der Waals surface area (Å²) < 4.78 is 80.6. The quantitative estimate of drug-likeness (QED) is 0.383. The minimum absolute atomic E-state index is 0.0340. The molecule has 1 aromatic carbocycles. The van der Waals surface area contributed by atoms with Gasteiger partial charge in [0.25, 0.3) is 0 Å². The Hall–Kier alpha value is -2.89. The fraction of sp³-hybridized carbons (Fsp3) is 0.450. The zero-order valence-corrected chi connectivity index (χ0v) is 17.3. The van der Waals surface area contributed by atoms with Crippen molar-refractivity contribution in [1.29, 1.82) is 0 Å². The van der Waals surface area contributed by atoms with Gasteiger partial charge >= 0.3 is 12.4 Å². The van der Waals surface area contributed by atoms with Crippen LogP contribution >= 0.6 is 0 Å². The van der Waals surface area contributed by atoms with Crippen LogP contribution in [0.4, 0.5) is 26.3 Å². The third-order valence-corrected chi connectivity index (χ3v) is 4.51. The summed E-state index contributed by atoms with van der Waals surface area (Å²) in [4.78, 5) is 23.5. The Kier molecular flexibility index (Phi) is 8.05. The highest BCUT2D eigenvalue weighted by Gasteiger charge is 2.36. The SMILES string of the molecule is CC(=O)c1cc2n(n1)CCCN(C=O)C2.COCc1cc(C(F)(F)F)cc(C(F)(F)F)c1. The van der Waals surface area contributed by atoms with Crippen LogP contribution in [0.2, 0.25) is 0 Å². The zero-order valence-electron chi connectivity index (χ0n) is 17.3. The molecule has 0 fully saturated rings. The maximum Gasteiger partial charge on any atom is 0.416 e. The third kappa shape index (κ3) is 6.81. The first-order valence-electron chi connectivity index (χ1n) is 9.39. The number of aromatic nitrogens is 2. The second-order valence-corrected chi connectivity index (χ2v) is 7.08. The van der Waals surface area contributed by atoms with Crippen LogP contribution in [0.3, 0.4) is 0 Å². The summed E-state index contributed by atoms with van der Waals surface area (Å²) in [6.45, 7) is 3.26. The third-order valence-electron chi connectivity index (χ3n) is 4.51. The van der Waals surface area contributed by atoms with E-state index in [1.54, 1.807) is 11.0 Å². The number of hydrogen-bond acceptors (Lipinski definition) is 4. The number of methoxy groups -OCH3 is 1. The number of aryl methyl sites for hydroxylation is 1. The standard InChI is InChI=1S/C10H8F6O.C10H13N3O2/c1-17-5-6-2-7(9(11,12)13)4-8(3-6)10(14,15)16;1-8(15)10-5-9-6-12(7-14)3-2-4-13(9)11-10/h2-4H,5H2,1H3;5,7H,2-4,6H2,1H3. The summed E-state index contributed by atoms with van der Waals surface area (Å²) >= 11 is 0. The van der Waals surface area contributed by atoms with Gasteiger partial charge < -0.3 is 9.64 Å². The van der Waals surface area contributed by atoms with Crippen LogP contribution in [0.1, 0.15) is 46.2 Å². The monoisotopic (exact) mass is 465 g/mol. The van der Waals surface area contributed by atoms with Gasteiger partial charge in [0, 0.05) is 27.1 Å². The van der Waals surface area contributed by atoms with Gasteiger partial charge in [-0.3, -0.25) is 14.3 Å². The van der Waals surface area contributed by atoms with E-state index >= 15 is 0 Å². The fourth-order valence-electron chi connectivity index (χ4n) is 3.02. The second-order valence-electron chi connectivity index (χ2n) is 7.08. The van der Waals surface area contributed by atoms with Crippen LogP contribution in [0.5, 0.6) is 0 Å². The lowest BCUT2D eigenvalue weighted by Crippen LogP contribution is -2.20. The highest BCUT2D eigenvalue weighted by molar-refractivity contribution is 5.92. The summed E-state index contributed by atoms with van der Waals surface area (Å²) in [6, 6.07) is 3.13. The normalized spacial score (nSPS) is 14.2. The summed E-state index contributed by atoms with van der Waals surface area (Å²) in [5.41, 5.74) is -1.42. The molecule has 12 heteroatoms. The minimum atomic E-state index is -4.82. The number of hydrogen-bond donors (Lipinski definition) is 0. The predicted octanol–water partition coefficient (Wildman–Crippen LogP) is 4.32.